The third-order valence-electron chi connectivity index (χ3n) is 11.9. The lowest BCUT2D eigenvalue weighted by Crippen LogP contribution is -2.43. The first kappa shape index (κ1) is 42.7. The van der Waals surface area contributed by atoms with Crippen molar-refractivity contribution >= 4 is 35.8 Å². The van der Waals surface area contributed by atoms with E-state index in [0.717, 1.165) is 68.2 Å². The fraction of sp³-hybridized carbons (Fsp3) is 0.500. The summed E-state index contributed by atoms with van der Waals surface area (Å²) in [6, 6.07) is 25.2. The summed E-state index contributed by atoms with van der Waals surface area (Å²) in [5.74, 6) is 0.842. The molecule has 2 aromatic carbocycles. The largest absolute Gasteiger partial charge is 0.460 e. The van der Waals surface area contributed by atoms with Crippen LogP contribution in [0.1, 0.15) is 110 Å². The number of carbonyl (C=O) groups is 1. The average Bonchev–Trinajstić information content (AvgIpc) is 3.54. The van der Waals surface area contributed by atoms with E-state index in [2.05, 4.69) is 89.7 Å². The van der Waals surface area contributed by atoms with Gasteiger partial charge in [-0.3, -0.25) is 4.79 Å². The van der Waals surface area contributed by atoms with Crippen molar-refractivity contribution in [1.82, 2.24) is 15.3 Å². The number of halogens is 2. The van der Waals surface area contributed by atoms with Crippen LogP contribution >= 0.6 is 24.0 Å². The monoisotopic (exact) mass is 861 g/mol. The Morgan fingerprint density at radius 1 is 0.818 bits per heavy atom. The van der Waals surface area contributed by atoms with Crippen molar-refractivity contribution < 1.29 is 13.9 Å². The Morgan fingerprint density at radius 2 is 1.36 bits per heavy atom. The number of nitrogens with zero attached hydrogens (tertiary/aromatic N) is 3. The number of pyridine rings is 2. The average molecular weight is 862 g/mol. The van der Waals surface area contributed by atoms with Crippen LogP contribution in [0.5, 0.6) is 0 Å². The highest BCUT2D eigenvalue weighted by Gasteiger charge is 2.49. The molecule has 0 radical (unpaired) electrons. The van der Waals surface area contributed by atoms with Crippen LogP contribution in [-0.4, -0.2) is 47.7 Å². The lowest BCUT2D eigenvalue weighted by Gasteiger charge is -2.44. The number of carbonyl (C=O) groups excluding carboxylic acids is 1. The van der Waals surface area contributed by atoms with Gasteiger partial charge < -0.3 is 20.7 Å². The molecule has 0 bridgehead atoms. The second-order valence-electron chi connectivity index (χ2n) is 17.3. The Morgan fingerprint density at radius 3 is 1.93 bits per heavy atom. The van der Waals surface area contributed by atoms with Gasteiger partial charge in [0.05, 0.1) is 6.42 Å². The molecule has 9 heteroatoms. The van der Waals surface area contributed by atoms with Crippen LogP contribution in [0.15, 0.2) is 72.8 Å². The SMILES string of the molecule is Cc1cc(C)nc(F)c1.Cc1cc(C)nc(N2CCC3(CC2)Cc2ccccc2[C@H]3CC(=O)OC(C)(C)C)c1.I.N[C@@H]1c2ccccc2CC12CCNCC2. The smallest absolute Gasteiger partial charge is 0.306 e. The maximum absolute atomic E-state index is 12.8. The van der Waals surface area contributed by atoms with Crippen molar-refractivity contribution in [1.29, 1.82) is 0 Å². The van der Waals surface area contributed by atoms with Crippen LogP contribution < -0.4 is 16.0 Å². The van der Waals surface area contributed by atoms with E-state index in [4.69, 9.17) is 15.5 Å². The van der Waals surface area contributed by atoms with E-state index < -0.39 is 11.5 Å². The van der Waals surface area contributed by atoms with Crippen LogP contribution in [0.3, 0.4) is 0 Å². The first-order chi connectivity index (χ1) is 25.7. The summed E-state index contributed by atoms with van der Waals surface area (Å²) in [4.78, 5) is 23.5. The van der Waals surface area contributed by atoms with Crippen LogP contribution in [0.25, 0.3) is 0 Å². The zero-order valence-corrected chi connectivity index (χ0v) is 36.2. The molecule has 0 saturated carbocycles. The fourth-order valence-corrected chi connectivity index (χ4v) is 9.45. The van der Waals surface area contributed by atoms with Gasteiger partial charge in [0.15, 0.2) is 0 Å². The fourth-order valence-electron chi connectivity index (χ4n) is 9.45. The molecule has 0 unspecified atom stereocenters. The minimum Gasteiger partial charge on any atom is -0.460 e. The predicted molar refractivity (Wildman–Crippen MR) is 232 cm³/mol. The molecule has 2 aliphatic carbocycles. The van der Waals surface area contributed by atoms with Crippen molar-refractivity contribution in [3.8, 4) is 0 Å². The third-order valence-corrected chi connectivity index (χ3v) is 11.9. The molecule has 0 amide bonds. The van der Waals surface area contributed by atoms with Gasteiger partial charge in [0.1, 0.15) is 11.4 Å². The number of aryl methyl sites for hydroxylation is 4. The van der Waals surface area contributed by atoms with Gasteiger partial charge in [0, 0.05) is 36.4 Å². The summed E-state index contributed by atoms with van der Waals surface area (Å²) in [6.07, 6.45) is 7.31. The lowest BCUT2D eigenvalue weighted by molar-refractivity contribution is -0.156. The number of hydrogen-bond donors (Lipinski definition) is 2. The van der Waals surface area contributed by atoms with Crippen molar-refractivity contribution in [2.24, 2.45) is 16.6 Å². The first-order valence-corrected chi connectivity index (χ1v) is 19.8. The van der Waals surface area contributed by atoms with Crippen molar-refractivity contribution in [2.45, 2.75) is 111 Å². The van der Waals surface area contributed by atoms with E-state index >= 15 is 0 Å². The molecule has 2 fully saturated rings. The number of anilines is 1. The molecule has 4 aliphatic rings. The number of benzene rings is 2. The highest BCUT2D eigenvalue weighted by atomic mass is 127. The third kappa shape index (κ3) is 10.3. The molecular weight excluding hydrogens is 800 g/mol. The van der Waals surface area contributed by atoms with Crippen molar-refractivity contribution in [3.63, 3.8) is 0 Å². The van der Waals surface area contributed by atoms with Crippen LogP contribution in [0.2, 0.25) is 0 Å². The molecule has 2 aliphatic heterocycles. The Balaban J connectivity index is 0.000000191. The van der Waals surface area contributed by atoms with Gasteiger partial charge in [-0.2, -0.15) is 4.39 Å². The maximum Gasteiger partial charge on any atom is 0.306 e. The van der Waals surface area contributed by atoms with Gasteiger partial charge in [-0.05, 0) is 169 Å². The topological polar surface area (TPSA) is 93.4 Å². The number of fused-ring (bicyclic) bond motifs is 2. The number of nitrogens with one attached hydrogen (secondary N) is 1. The van der Waals surface area contributed by atoms with E-state index in [0.29, 0.717) is 11.8 Å². The molecule has 2 spiro atoms. The summed E-state index contributed by atoms with van der Waals surface area (Å²) in [6.45, 7) is 17.9. The molecule has 55 heavy (non-hydrogen) atoms. The molecule has 2 aromatic heterocycles. The van der Waals surface area contributed by atoms with Gasteiger partial charge >= 0.3 is 5.97 Å². The van der Waals surface area contributed by atoms with Crippen molar-refractivity contribution in [3.05, 3.63) is 124 Å². The molecule has 4 aromatic rings. The van der Waals surface area contributed by atoms with Gasteiger partial charge in [0.2, 0.25) is 5.95 Å². The minimum atomic E-state index is -0.444. The minimum absolute atomic E-state index is 0. The second kappa shape index (κ2) is 17.8. The molecule has 2 atom stereocenters. The Kier molecular flexibility index (Phi) is 13.8. The van der Waals surface area contributed by atoms with Crippen LogP contribution in [-0.2, 0) is 22.4 Å². The van der Waals surface area contributed by atoms with Gasteiger partial charge in [-0.15, -0.1) is 24.0 Å². The predicted octanol–water partition coefficient (Wildman–Crippen LogP) is 9.42. The number of rotatable bonds is 3. The van der Waals surface area contributed by atoms with E-state index in [1.54, 1.807) is 6.92 Å². The number of piperidine rings is 2. The highest BCUT2D eigenvalue weighted by Crippen LogP contribution is 2.55. The highest BCUT2D eigenvalue weighted by molar-refractivity contribution is 14.0. The lowest BCUT2D eigenvalue weighted by atomic mass is 9.68. The Bertz CT molecular complexity index is 1860. The van der Waals surface area contributed by atoms with Gasteiger partial charge in [-0.1, -0.05) is 48.5 Å². The second-order valence-corrected chi connectivity index (χ2v) is 17.3. The molecular formula is C46H61FIN5O2. The quantitative estimate of drug-likeness (QED) is 0.121. The molecule has 2 saturated heterocycles. The number of hydrogen-bond acceptors (Lipinski definition) is 7. The number of aromatic nitrogens is 2. The van der Waals surface area contributed by atoms with E-state index in [1.807, 2.05) is 33.8 Å². The van der Waals surface area contributed by atoms with Gasteiger partial charge in [-0.25, -0.2) is 9.97 Å². The summed E-state index contributed by atoms with van der Waals surface area (Å²) < 4.78 is 18.0. The maximum atomic E-state index is 12.8. The Labute approximate surface area is 345 Å². The van der Waals surface area contributed by atoms with Crippen molar-refractivity contribution in [2.75, 3.05) is 31.1 Å². The van der Waals surface area contributed by atoms with Crippen LogP contribution in [0, 0.1) is 44.5 Å². The molecule has 3 N–H and O–H groups in total. The first-order valence-electron chi connectivity index (χ1n) is 19.8. The number of esters is 1. The Hall–Kier alpha value is -3.41. The number of ether oxygens (including phenoxy) is 1. The van der Waals surface area contributed by atoms with E-state index in [-0.39, 0.29) is 47.3 Å². The molecule has 8 rings (SSSR count). The molecule has 4 heterocycles. The van der Waals surface area contributed by atoms with E-state index in [1.165, 1.54) is 53.1 Å². The zero-order chi connectivity index (χ0) is 38.7. The summed E-state index contributed by atoms with van der Waals surface area (Å²) >= 11 is 0. The zero-order valence-electron chi connectivity index (χ0n) is 33.9. The normalized spacial score (nSPS) is 20.3. The van der Waals surface area contributed by atoms with E-state index in [9.17, 15) is 9.18 Å². The summed E-state index contributed by atoms with van der Waals surface area (Å²) in [5, 5.41) is 3.43. The standard InChI is InChI=1S/C26H34N2O2.C13H18N2.C7H8FN.HI/c1-18-14-19(2)27-23(15-18)28-12-10-26(11-13-28)17-20-8-6-7-9-21(20)22(26)16-24(29)30-25(3,4)5;14-12-11-4-2-1-3-10(11)9-13(12)5-7-15-8-6-13;1-5-3-6(2)9-7(8)4-5;/h6-9,14-15,22H,10-13,16-17H2,1-5H3;1-4,12,15H,5-9,14H2;3-4H,1-2H3;1H/t22-;12-;;/m11../s1. The number of nitrogens with two attached hydrogens (primary N) is 1. The summed E-state index contributed by atoms with van der Waals surface area (Å²) in [7, 11) is 0. The summed E-state index contributed by atoms with van der Waals surface area (Å²) in [5.41, 5.74) is 16.1. The van der Waals surface area contributed by atoms with Crippen LogP contribution in [0.4, 0.5) is 10.2 Å². The molecule has 296 valence electrons. The molecule has 7 nitrogen and oxygen atoms in total. The van der Waals surface area contributed by atoms with Gasteiger partial charge in [0.25, 0.3) is 0 Å².